The maximum absolute atomic E-state index is 13.2. The number of carbonyl (C=O) groups is 2. The van der Waals surface area contributed by atoms with E-state index in [2.05, 4.69) is 0 Å². The van der Waals surface area contributed by atoms with E-state index in [1.807, 2.05) is 0 Å². The molecule has 1 N–H and O–H groups in total. The average molecular weight is 423 g/mol. The number of benzene rings is 2. The first-order chi connectivity index (χ1) is 13.1. The minimum absolute atomic E-state index is 0.0849. The van der Waals surface area contributed by atoms with Gasteiger partial charge in [-0.1, -0.05) is 42.2 Å². The molecule has 3 rings (SSSR count). The molecular formula is C19H12F3NO3S2. The summed E-state index contributed by atoms with van der Waals surface area (Å²) in [5, 5.41) is 8.93. The Kier molecular flexibility index (Phi) is 5.31. The third kappa shape index (κ3) is 3.81. The predicted molar refractivity (Wildman–Crippen MR) is 105 cm³/mol. The van der Waals surface area contributed by atoms with E-state index in [0.29, 0.717) is 5.56 Å². The summed E-state index contributed by atoms with van der Waals surface area (Å²) in [6, 6.07) is 9.46. The van der Waals surface area contributed by atoms with Crippen molar-refractivity contribution in [1.82, 2.24) is 0 Å². The zero-order valence-electron chi connectivity index (χ0n) is 14.3. The molecule has 28 heavy (non-hydrogen) atoms. The molecule has 1 heterocycles. The molecule has 0 aliphatic carbocycles. The van der Waals surface area contributed by atoms with Crippen LogP contribution in [0.5, 0.6) is 0 Å². The van der Waals surface area contributed by atoms with Crippen LogP contribution in [0.3, 0.4) is 0 Å². The molecule has 1 amide bonds. The normalized spacial score (nSPS) is 16.1. The van der Waals surface area contributed by atoms with E-state index in [1.54, 1.807) is 0 Å². The topological polar surface area (TPSA) is 57.6 Å². The van der Waals surface area contributed by atoms with Crippen LogP contribution >= 0.6 is 24.0 Å². The molecule has 0 bridgehead atoms. The molecular weight excluding hydrogens is 411 g/mol. The monoisotopic (exact) mass is 423 g/mol. The highest BCUT2D eigenvalue weighted by atomic mass is 32.2. The Balaban J connectivity index is 1.96. The average Bonchev–Trinajstić information content (AvgIpc) is 2.88. The Bertz CT molecular complexity index is 1010. The lowest BCUT2D eigenvalue weighted by Crippen LogP contribution is -2.29. The summed E-state index contributed by atoms with van der Waals surface area (Å²) in [6.07, 6.45) is -3.02. The summed E-state index contributed by atoms with van der Waals surface area (Å²) in [4.78, 5) is 25.0. The van der Waals surface area contributed by atoms with E-state index < -0.39 is 23.6 Å². The van der Waals surface area contributed by atoms with Crippen molar-refractivity contribution in [1.29, 1.82) is 0 Å². The number of alkyl halides is 3. The molecule has 0 spiro atoms. The van der Waals surface area contributed by atoms with Crippen molar-refractivity contribution >= 4 is 51.9 Å². The van der Waals surface area contributed by atoms with Gasteiger partial charge in [0, 0.05) is 0 Å². The molecule has 0 atom stereocenters. The highest BCUT2D eigenvalue weighted by molar-refractivity contribution is 8.27. The van der Waals surface area contributed by atoms with Crippen LogP contribution in [-0.4, -0.2) is 21.3 Å². The quantitative estimate of drug-likeness (QED) is 0.549. The fraction of sp³-hybridized carbons (Fsp3) is 0.105. The number of thiocarbonyl (C=S) groups is 1. The molecule has 0 saturated carbocycles. The van der Waals surface area contributed by atoms with Crippen LogP contribution in [-0.2, 0) is 11.0 Å². The van der Waals surface area contributed by atoms with Crippen molar-refractivity contribution in [3.8, 4) is 0 Å². The molecule has 0 radical (unpaired) electrons. The van der Waals surface area contributed by atoms with Crippen LogP contribution in [0.2, 0.25) is 0 Å². The number of hydrogen-bond acceptors (Lipinski definition) is 4. The number of aromatic carboxylic acids is 1. The van der Waals surface area contributed by atoms with Crippen LogP contribution in [0.1, 0.15) is 27.0 Å². The Morgan fingerprint density at radius 1 is 1.18 bits per heavy atom. The molecule has 4 nitrogen and oxygen atoms in total. The number of nitrogens with zero attached hydrogens (tertiary/aromatic N) is 1. The van der Waals surface area contributed by atoms with E-state index in [1.165, 1.54) is 49.4 Å². The molecule has 1 fully saturated rings. The Morgan fingerprint density at radius 2 is 1.82 bits per heavy atom. The van der Waals surface area contributed by atoms with Gasteiger partial charge in [-0.15, -0.1) is 0 Å². The van der Waals surface area contributed by atoms with Crippen molar-refractivity contribution in [3.63, 3.8) is 0 Å². The van der Waals surface area contributed by atoms with Gasteiger partial charge in [0.25, 0.3) is 5.91 Å². The summed E-state index contributed by atoms with van der Waals surface area (Å²) in [5.74, 6) is -1.60. The molecule has 144 valence electrons. The van der Waals surface area contributed by atoms with Crippen molar-refractivity contribution < 1.29 is 27.9 Å². The first-order valence-corrected chi connectivity index (χ1v) is 9.10. The van der Waals surface area contributed by atoms with Gasteiger partial charge in [0.05, 0.1) is 21.7 Å². The summed E-state index contributed by atoms with van der Waals surface area (Å²) in [6.45, 7) is 1.30. The zero-order chi connectivity index (χ0) is 20.6. The van der Waals surface area contributed by atoms with E-state index in [9.17, 15) is 22.8 Å². The van der Waals surface area contributed by atoms with Crippen molar-refractivity contribution in [2.24, 2.45) is 0 Å². The largest absolute Gasteiger partial charge is 0.478 e. The van der Waals surface area contributed by atoms with E-state index in [4.69, 9.17) is 17.3 Å². The summed E-state index contributed by atoms with van der Waals surface area (Å²) in [7, 11) is 0. The number of hydrogen-bond donors (Lipinski definition) is 1. The second kappa shape index (κ2) is 7.40. The van der Waals surface area contributed by atoms with Gasteiger partial charge in [-0.2, -0.15) is 13.2 Å². The summed E-state index contributed by atoms with van der Waals surface area (Å²) in [5.41, 5.74) is -0.150. The lowest BCUT2D eigenvalue weighted by Gasteiger charge is -2.20. The number of carbonyl (C=O) groups excluding carboxylic acids is 1. The molecule has 2 aromatic rings. The van der Waals surface area contributed by atoms with Crippen molar-refractivity contribution in [3.05, 3.63) is 69.6 Å². The van der Waals surface area contributed by atoms with Crippen molar-refractivity contribution in [2.45, 2.75) is 13.1 Å². The smallest absolute Gasteiger partial charge is 0.416 e. The van der Waals surface area contributed by atoms with Gasteiger partial charge in [-0.3, -0.25) is 9.69 Å². The maximum atomic E-state index is 13.2. The molecule has 1 aliphatic heterocycles. The zero-order valence-corrected chi connectivity index (χ0v) is 15.9. The van der Waals surface area contributed by atoms with Gasteiger partial charge >= 0.3 is 12.1 Å². The fourth-order valence-electron chi connectivity index (χ4n) is 2.72. The van der Waals surface area contributed by atoms with Crippen LogP contribution in [0.4, 0.5) is 18.9 Å². The minimum atomic E-state index is -4.54. The first-order valence-electron chi connectivity index (χ1n) is 7.87. The molecule has 0 aromatic heterocycles. The van der Waals surface area contributed by atoms with Crippen LogP contribution in [0.25, 0.3) is 6.08 Å². The van der Waals surface area contributed by atoms with Crippen molar-refractivity contribution in [2.75, 3.05) is 4.90 Å². The van der Waals surface area contributed by atoms with Gasteiger partial charge in [0.2, 0.25) is 0 Å². The molecule has 1 aliphatic rings. The fourth-order valence-corrected chi connectivity index (χ4v) is 4.01. The third-order valence-corrected chi connectivity index (χ3v) is 5.40. The number of thioether (sulfide) groups is 1. The van der Waals surface area contributed by atoms with Gasteiger partial charge in [0.15, 0.2) is 4.32 Å². The minimum Gasteiger partial charge on any atom is -0.478 e. The number of halogens is 3. The first kappa shape index (κ1) is 20.1. The van der Waals surface area contributed by atoms with Gasteiger partial charge in [-0.25, -0.2) is 4.79 Å². The number of anilines is 1. The number of carboxylic acids is 1. The Hall–Kier alpha value is -2.65. The lowest BCUT2D eigenvalue weighted by molar-refractivity contribution is -0.138. The van der Waals surface area contributed by atoms with Gasteiger partial charge in [-0.05, 0) is 48.4 Å². The Labute approximate surface area is 167 Å². The standard InChI is InChI=1S/C19H12F3NO3S2/c1-10-13(19(20,21)22)3-2-4-14(10)23-16(24)15(28-18(23)27)9-11-5-7-12(8-6-11)17(25)26/h2-9H,1H3,(H,25,26). The summed E-state index contributed by atoms with van der Waals surface area (Å²) < 4.78 is 39.6. The molecule has 1 saturated heterocycles. The number of rotatable bonds is 3. The highest BCUT2D eigenvalue weighted by Gasteiger charge is 2.38. The maximum Gasteiger partial charge on any atom is 0.416 e. The second-order valence-electron chi connectivity index (χ2n) is 5.89. The van der Waals surface area contributed by atoms with Crippen LogP contribution in [0, 0.1) is 6.92 Å². The van der Waals surface area contributed by atoms with Gasteiger partial charge < -0.3 is 5.11 Å². The molecule has 2 aromatic carbocycles. The molecule has 9 heteroatoms. The summed E-state index contributed by atoms with van der Waals surface area (Å²) >= 11 is 6.19. The SMILES string of the molecule is Cc1c(N2C(=O)C(=Cc3ccc(C(=O)O)cc3)SC2=S)cccc1C(F)(F)F. The van der Waals surface area contributed by atoms with E-state index in [0.717, 1.165) is 22.7 Å². The van der Waals surface area contributed by atoms with E-state index in [-0.39, 0.29) is 26.0 Å². The van der Waals surface area contributed by atoms with Crippen LogP contribution < -0.4 is 4.90 Å². The molecule has 0 unspecified atom stereocenters. The Morgan fingerprint density at radius 3 is 2.39 bits per heavy atom. The number of carboxylic acid groups (broad SMARTS) is 1. The second-order valence-corrected chi connectivity index (χ2v) is 7.57. The third-order valence-electron chi connectivity index (χ3n) is 4.10. The number of amides is 1. The van der Waals surface area contributed by atoms with Gasteiger partial charge in [0.1, 0.15) is 0 Å². The predicted octanol–water partition coefficient (Wildman–Crippen LogP) is 5.12. The lowest BCUT2D eigenvalue weighted by atomic mass is 10.1. The van der Waals surface area contributed by atoms with Crippen LogP contribution in [0.15, 0.2) is 47.4 Å². The van der Waals surface area contributed by atoms with E-state index >= 15 is 0 Å². The highest BCUT2D eigenvalue weighted by Crippen LogP contribution is 2.41.